The molecule has 2 fully saturated rings. The predicted octanol–water partition coefficient (Wildman–Crippen LogP) is 3.18. The van der Waals surface area contributed by atoms with Gasteiger partial charge < -0.3 is 24.2 Å². The van der Waals surface area contributed by atoms with Crippen LogP contribution in [0.2, 0.25) is 0 Å². The van der Waals surface area contributed by atoms with Crippen molar-refractivity contribution in [3.63, 3.8) is 0 Å². The summed E-state index contributed by atoms with van der Waals surface area (Å²) in [6.45, 7) is 0.642. The zero-order valence-electron chi connectivity index (χ0n) is 19.4. The highest BCUT2D eigenvalue weighted by Gasteiger charge is 2.45. The van der Waals surface area contributed by atoms with E-state index >= 15 is 0 Å². The van der Waals surface area contributed by atoms with Crippen LogP contribution in [-0.2, 0) is 26.1 Å². The Morgan fingerprint density at radius 2 is 2.08 bits per heavy atom. The molecular weight excluding hydrogens is 495 g/mol. The minimum atomic E-state index is -4.29. The van der Waals surface area contributed by atoms with Crippen molar-refractivity contribution in [2.75, 3.05) is 31.5 Å². The lowest BCUT2D eigenvalue weighted by atomic mass is 10.0. The van der Waals surface area contributed by atoms with Gasteiger partial charge in [-0.15, -0.1) is 0 Å². The number of amides is 1. The third kappa shape index (κ3) is 4.58. The van der Waals surface area contributed by atoms with E-state index in [2.05, 4.69) is 4.72 Å². The Morgan fingerprint density at radius 3 is 2.81 bits per heavy atom. The van der Waals surface area contributed by atoms with Gasteiger partial charge in [0, 0.05) is 18.0 Å². The van der Waals surface area contributed by atoms with E-state index in [1.807, 2.05) is 0 Å². The molecule has 0 aromatic heterocycles. The summed E-state index contributed by atoms with van der Waals surface area (Å²) < 4.78 is 59.7. The van der Waals surface area contributed by atoms with Crippen molar-refractivity contribution >= 4 is 27.8 Å². The number of hydrogen-bond acceptors (Lipinski definition) is 7. The SMILES string of the molecule is COC(=O)c1c(NS(=O)(=O)c2ccc(F)cc2CO[C@@H]2CCN(C(=O)O)C2)ccc2c1OC[C@@H]1C[C@H]21. The van der Waals surface area contributed by atoms with Gasteiger partial charge in [0.2, 0.25) is 0 Å². The van der Waals surface area contributed by atoms with Crippen LogP contribution in [0.4, 0.5) is 14.9 Å². The fraction of sp³-hybridized carbons (Fsp3) is 0.417. The predicted molar refractivity (Wildman–Crippen MR) is 124 cm³/mol. The van der Waals surface area contributed by atoms with E-state index in [4.69, 9.17) is 19.3 Å². The summed E-state index contributed by atoms with van der Waals surface area (Å²) in [6, 6.07) is 6.45. The molecule has 10 nitrogen and oxygen atoms in total. The highest BCUT2D eigenvalue weighted by Crippen LogP contribution is 2.55. The molecule has 2 aliphatic heterocycles. The van der Waals surface area contributed by atoms with Gasteiger partial charge in [-0.25, -0.2) is 22.4 Å². The number of anilines is 1. The molecule has 1 saturated carbocycles. The number of fused-ring (bicyclic) bond motifs is 3. The minimum absolute atomic E-state index is 0.0104. The zero-order chi connectivity index (χ0) is 25.6. The summed E-state index contributed by atoms with van der Waals surface area (Å²) >= 11 is 0. The summed E-state index contributed by atoms with van der Waals surface area (Å²) in [7, 11) is -3.09. The van der Waals surface area contributed by atoms with Crippen molar-refractivity contribution in [2.45, 2.75) is 36.4 Å². The van der Waals surface area contributed by atoms with Gasteiger partial charge in [0.1, 0.15) is 17.1 Å². The van der Waals surface area contributed by atoms with Crippen molar-refractivity contribution in [2.24, 2.45) is 5.92 Å². The standard InChI is InChI=1S/C24H25FN2O8S/c1-33-23(28)21-19(4-3-17-18-9-13(18)11-35-22(17)21)26-36(31,32)20-5-2-15(25)8-14(20)12-34-16-6-7-27(10-16)24(29)30/h2-5,8,13,16,18,26H,6-7,9-12H2,1H3,(H,29,30)/t13-,16+,18-/m0/s1. The van der Waals surface area contributed by atoms with Gasteiger partial charge in [-0.1, -0.05) is 6.07 Å². The van der Waals surface area contributed by atoms with E-state index in [0.29, 0.717) is 31.2 Å². The molecule has 192 valence electrons. The maximum atomic E-state index is 14.0. The number of methoxy groups -OCH3 is 1. The maximum absolute atomic E-state index is 14.0. The number of rotatable bonds is 7. The molecule has 2 N–H and O–H groups in total. The van der Waals surface area contributed by atoms with Crippen LogP contribution in [0.3, 0.4) is 0 Å². The number of carbonyl (C=O) groups excluding carboxylic acids is 1. The Labute approximate surface area is 207 Å². The number of halogens is 1. The molecule has 2 aromatic rings. The smallest absolute Gasteiger partial charge is 0.407 e. The molecule has 2 heterocycles. The van der Waals surface area contributed by atoms with E-state index in [1.165, 1.54) is 18.1 Å². The van der Waals surface area contributed by atoms with Crippen molar-refractivity contribution < 1.29 is 41.7 Å². The Balaban J connectivity index is 1.42. The third-order valence-corrected chi connectivity index (χ3v) is 8.25. The highest BCUT2D eigenvalue weighted by atomic mass is 32.2. The lowest BCUT2D eigenvalue weighted by Gasteiger charge is -2.22. The quantitative estimate of drug-likeness (QED) is 0.532. The number of carboxylic acid groups (broad SMARTS) is 1. The largest absolute Gasteiger partial charge is 0.492 e. The molecule has 1 aliphatic carbocycles. The second-order valence-corrected chi connectivity index (χ2v) is 10.8. The summed E-state index contributed by atoms with van der Waals surface area (Å²) in [6.07, 6.45) is -0.112. The zero-order valence-corrected chi connectivity index (χ0v) is 20.2. The lowest BCUT2D eigenvalue weighted by Crippen LogP contribution is -2.28. The van der Waals surface area contributed by atoms with E-state index in [9.17, 15) is 22.4 Å². The molecule has 12 heteroatoms. The number of hydrogen-bond donors (Lipinski definition) is 2. The number of nitrogens with zero attached hydrogens (tertiary/aromatic N) is 1. The van der Waals surface area contributed by atoms with Crippen LogP contribution in [0.1, 0.15) is 40.2 Å². The average molecular weight is 521 g/mol. The van der Waals surface area contributed by atoms with Crippen molar-refractivity contribution in [3.8, 4) is 5.75 Å². The molecule has 3 atom stereocenters. The van der Waals surface area contributed by atoms with Crippen LogP contribution >= 0.6 is 0 Å². The van der Waals surface area contributed by atoms with Crippen LogP contribution in [0.25, 0.3) is 0 Å². The number of carbonyl (C=O) groups is 2. The molecule has 0 spiro atoms. The highest BCUT2D eigenvalue weighted by molar-refractivity contribution is 7.92. The summed E-state index contributed by atoms with van der Waals surface area (Å²) in [5.41, 5.74) is 0.885. The first-order valence-corrected chi connectivity index (χ1v) is 12.9. The molecule has 0 unspecified atom stereocenters. The number of sulfonamides is 1. The summed E-state index contributed by atoms with van der Waals surface area (Å²) in [5.74, 6) is -0.406. The summed E-state index contributed by atoms with van der Waals surface area (Å²) in [4.78, 5) is 24.7. The molecule has 5 rings (SSSR count). The van der Waals surface area contributed by atoms with Gasteiger partial charge in [-0.2, -0.15) is 0 Å². The van der Waals surface area contributed by atoms with Crippen LogP contribution in [0, 0.1) is 11.7 Å². The van der Waals surface area contributed by atoms with Crippen molar-refractivity contribution in [1.29, 1.82) is 0 Å². The van der Waals surface area contributed by atoms with Gasteiger partial charge in [-0.05, 0) is 48.6 Å². The van der Waals surface area contributed by atoms with Crippen molar-refractivity contribution in [3.05, 3.63) is 52.8 Å². The minimum Gasteiger partial charge on any atom is -0.492 e. The van der Waals surface area contributed by atoms with E-state index in [0.717, 1.165) is 30.2 Å². The van der Waals surface area contributed by atoms with Crippen molar-refractivity contribution in [1.82, 2.24) is 4.90 Å². The van der Waals surface area contributed by atoms with Crippen LogP contribution in [-0.4, -0.2) is 63.4 Å². The molecule has 1 saturated heterocycles. The molecule has 36 heavy (non-hydrogen) atoms. The van der Waals surface area contributed by atoms with Gasteiger partial charge in [0.15, 0.2) is 0 Å². The molecule has 0 bridgehead atoms. The maximum Gasteiger partial charge on any atom is 0.407 e. The molecule has 2 aromatic carbocycles. The van der Waals surface area contributed by atoms with Crippen LogP contribution < -0.4 is 9.46 Å². The fourth-order valence-electron chi connectivity index (χ4n) is 4.81. The molecule has 1 amide bonds. The number of likely N-dealkylation sites (tertiary alicyclic amines) is 1. The Morgan fingerprint density at radius 1 is 1.28 bits per heavy atom. The Bertz CT molecular complexity index is 1330. The Hall–Kier alpha value is -3.38. The first-order chi connectivity index (χ1) is 17.2. The number of nitrogens with one attached hydrogen (secondary N) is 1. The van der Waals surface area contributed by atoms with E-state index < -0.39 is 34.0 Å². The Kier molecular flexibility index (Phi) is 6.25. The van der Waals surface area contributed by atoms with Gasteiger partial charge >= 0.3 is 12.1 Å². The van der Waals surface area contributed by atoms with E-state index in [1.54, 1.807) is 6.07 Å². The van der Waals surface area contributed by atoms with Gasteiger partial charge in [-0.3, -0.25) is 4.72 Å². The lowest BCUT2D eigenvalue weighted by molar-refractivity contribution is 0.0453. The third-order valence-electron chi connectivity index (χ3n) is 6.79. The second-order valence-electron chi connectivity index (χ2n) is 9.12. The summed E-state index contributed by atoms with van der Waals surface area (Å²) in [5, 5.41) is 9.11. The molecule has 0 radical (unpaired) electrons. The number of benzene rings is 2. The topological polar surface area (TPSA) is 131 Å². The molecular formula is C24H25FN2O8S. The van der Waals surface area contributed by atoms with Gasteiger partial charge in [0.25, 0.3) is 10.0 Å². The van der Waals surface area contributed by atoms with Gasteiger partial charge in [0.05, 0.1) is 43.6 Å². The van der Waals surface area contributed by atoms with Crippen LogP contribution in [0.5, 0.6) is 5.75 Å². The molecule has 3 aliphatic rings. The monoisotopic (exact) mass is 520 g/mol. The first kappa shape index (κ1) is 24.3. The normalized spacial score (nSPS) is 22.3. The fourth-order valence-corrected chi connectivity index (χ4v) is 6.09. The van der Waals surface area contributed by atoms with Crippen LogP contribution in [0.15, 0.2) is 35.2 Å². The second kappa shape index (κ2) is 9.25. The number of esters is 1. The van der Waals surface area contributed by atoms with E-state index in [-0.39, 0.29) is 40.8 Å². The average Bonchev–Trinajstić information content (AvgIpc) is 3.49. The first-order valence-electron chi connectivity index (χ1n) is 11.5. The number of ether oxygens (including phenoxy) is 3.